The molecule has 0 atom stereocenters. The first kappa shape index (κ1) is 19.0. The number of nitrogens with zero attached hydrogens (tertiary/aromatic N) is 4. The highest BCUT2D eigenvalue weighted by atomic mass is 32.2. The molecule has 2 aliphatic rings. The molecule has 2 amide bonds. The highest BCUT2D eigenvalue weighted by Gasteiger charge is 2.47. The van der Waals surface area contributed by atoms with Gasteiger partial charge in [0.2, 0.25) is 11.1 Å². The maximum absolute atomic E-state index is 12.4. The number of rotatable bonds is 6. The van der Waals surface area contributed by atoms with E-state index in [9.17, 15) is 9.59 Å². The predicted octanol–water partition coefficient (Wildman–Crippen LogP) is 2.06. The van der Waals surface area contributed by atoms with Crippen LogP contribution in [0.2, 0.25) is 0 Å². The average Bonchev–Trinajstić information content (AvgIpc) is 3.15. The molecule has 2 fully saturated rings. The Labute approximate surface area is 158 Å². The molecule has 0 bridgehead atoms. The number of hydrogen-bond donors (Lipinski definition) is 1. The zero-order valence-corrected chi connectivity index (χ0v) is 16.5. The number of likely N-dealkylation sites (tertiary alicyclic amines) is 1. The lowest BCUT2D eigenvalue weighted by Crippen LogP contribution is -2.49. The van der Waals surface area contributed by atoms with Gasteiger partial charge >= 0.3 is 6.09 Å². The van der Waals surface area contributed by atoms with Crippen molar-refractivity contribution in [2.75, 3.05) is 31.9 Å². The maximum atomic E-state index is 12.4. The molecule has 9 heteroatoms. The Hall–Kier alpha value is -1.77. The number of ether oxygens (including phenoxy) is 1. The van der Waals surface area contributed by atoms with Crippen LogP contribution >= 0.6 is 11.8 Å². The number of nitrogens with one attached hydrogen (secondary N) is 1. The Morgan fingerprint density at radius 2 is 2.12 bits per heavy atom. The zero-order chi connectivity index (χ0) is 18.7. The molecule has 2 aliphatic heterocycles. The molecule has 0 aromatic carbocycles. The van der Waals surface area contributed by atoms with Gasteiger partial charge in [-0.25, -0.2) is 9.78 Å². The highest BCUT2D eigenvalue weighted by Crippen LogP contribution is 2.33. The number of aryl methyl sites for hydroxylation is 1. The van der Waals surface area contributed by atoms with E-state index >= 15 is 0 Å². The van der Waals surface area contributed by atoms with E-state index in [4.69, 9.17) is 4.74 Å². The van der Waals surface area contributed by atoms with Gasteiger partial charge in [0, 0.05) is 32.5 Å². The zero-order valence-electron chi connectivity index (χ0n) is 15.7. The summed E-state index contributed by atoms with van der Waals surface area (Å²) < 4.78 is 5.71. The second-order valence-corrected chi connectivity index (χ2v) is 8.47. The first-order valence-electron chi connectivity index (χ1n) is 9.14. The van der Waals surface area contributed by atoms with Crippen molar-refractivity contribution in [1.82, 2.24) is 25.0 Å². The topological polar surface area (TPSA) is 91.4 Å². The average molecular weight is 382 g/mol. The third-order valence-electron chi connectivity index (χ3n) is 4.95. The van der Waals surface area contributed by atoms with E-state index in [0.29, 0.717) is 49.3 Å². The summed E-state index contributed by atoms with van der Waals surface area (Å²) in [7, 11) is 0. The van der Waals surface area contributed by atoms with E-state index in [0.717, 1.165) is 18.8 Å². The molecule has 0 aliphatic carbocycles. The monoisotopic (exact) mass is 381 g/mol. The molecule has 0 unspecified atom stereocenters. The van der Waals surface area contributed by atoms with Crippen LogP contribution in [0.5, 0.6) is 0 Å². The molecular formula is C17H27N5O3S. The van der Waals surface area contributed by atoms with Gasteiger partial charge < -0.3 is 14.5 Å². The Balaban J connectivity index is 1.46. The van der Waals surface area contributed by atoms with Gasteiger partial charge in [0.15, 0.2) is 0 Å². The van der Waals surface area contributed by atoms with Crippen molar-refractivity contribution in [2.24, 2.45) is 5.92 Å². The van der Waals surface area contributed by atoms with Gasteiger partial charge in [-0.15, -0.1) is 5.10 Å². The molecule has 3 heterocycles. The van der Waals surface area contributed by atoms with Crippen LogP contribution in [0.3, 0.4) is 0 Å². The number of piperidine rings is 1. The fraction of sp³-hybridized carbons (Fsp3) is 0.765. The standard InChI is InChI=1S/C17H27N5O3S/c1-12(2)4-7-22-11-17(25-16(22)24)5-8-21(9-6-17)14(23)10-26-15-18-13(3)19-20-15/h12H,4-11H2,1-3H3,(H,18,19,20). The molecule has 8 nitrogen and oxygen atoms in total. The van der Waals surface area contributed by atoms with E-state index in [2.05, 4.69) is 29.0 Å². The Morgan fingerprint density at radius 1 is 1.38 bits per heavy atom. The van der Waals surface area contributed by atoms with Crippen molar-refractivity contribution in [3.8, 4) is 0 Å². The highest BCUT2D eigenvalue weighted by molar-refractivity contribution is 7.99. The summed E-state index contributed by atoms with van der Waals surface area (Å²) in [5.74, 6) is 1.70. The fourth-order valence-electron chi connectivity index (χ4n) is 3.31. The van der Waals surface area contributed by atoms with Gasteiger partial charge in [0.1, 0.15) is 11.4 Å². The van der Waals surface area contributed by atoms with E-state index in [1.807, 2.05) is 16.7 Å². The largest absolute Gasteiger partial charge is 0.441 e. The predicted molar refractivity (Wildman–Crippen MR) is 97.9 cm³/mol. The van der Waals surface area contributed by atoms with E-state index in [1.165, 1.54) is 11.8 Å². The molecule has 1 aromatic heterocycles. The lowest BCUT2D eigenvalue weighted by molar-refractivity contribution is -0.131. The van der Waals surface area contributed by atoms with Gasteiger partial charge in [-0.3, -0.25) is 9.89 Å². The Bertz CT molecular complexity index is 655. The summed E-state index contributed by atoms with van der Waals surface area (Å²) in [6.45, 7) is 8.77. The van der Waals surface area contributed by atoms with Crippen molar-refractivity contribution in [2.45, 2.75) is 50.8 Å². The minimum Gasteiger partial charge on any atom is -0.441 e. The second kappa shape index (κ2) is 7.85. The van der Waals surface area contributed by atoms with Crippen LogP contribution in [0.25, 0.3) is 0 Å². The second-order valence-electron chi connectivity index (χ2n) is 7.53. The number of aromatic nitrogens is 3. The number of hydrogen-bond acceptors (Lipinski definition) is 6. The number of carbonyl (C=O) groups excluding carboxylic acids is 2. The maximum Gasteiger partial charge on any atom is 0.410 e. The first-order valence-corrected chi connectivity index (χ1v) is 10.1. The molecule has 0 radical (unpaired) electrons. The van der Waals surface area contributed by atoms with Crippen molar-refractivity contribution >= 4 is 23.8 Å². The Morgan fingerprint density at radius 3 is 2.73 bits per heavy atom. The molecule has 26 heavy (non-hydrogen) atoms. The van der Waals surface area contributed by atoms with Gasteiger partial charge in [-0.1, -0.05) is 25.6 Å². The molecular weight excluding hydrogens is 354 g/mol. The fourth-order valence-corrected chi connectivity index (χ4v) is 4.05. The van der Waals surface area contributed by atoms with Crippen LogP contribution in [-0.4, -0.2) is 74.5 Å². The van der Waals surface area contributed by atoms with Crippen LogP contribution < -0.4 is 0 Å². The smallest absolute Gasteiger partial charge is 0.410 e. The van der Waals surface area contributed by atoms with Crippen molar-refractivity contribution in [3.63, 3.8) is 0 Å². The van der Waals surface area contributed by atoms with Crippen LogP contribution in [-0.2, 0) is 9.53 Å². The lowest BCUT2D eigenvalue weighted by Gasteiger charge is -2.37. The molecule has 1 N–H and O–H groups in total. The van der Waals surface area contributed by atoms with Gasteiger partial charge in [-0.2, -0.15) is 0 Å². The lowest BCUT2D eigenvalue weighted by atomic mass is 9.91. The van der Waals surface area contributed by atoms with Crippen molar-refractivity contribution < 1.29 is 14.3 Å². The summed E-state index contributed by atoms with van der Waals surface area (Å²) in [4.78, 5) is 32.4. The normalized spacial score (nSPS) is 19.5. The molecule has 144 valence electrons. The van der Waals surface area contributed by atoms with Crippen LogP contribution in [0.4, 0.5) is 4.79 Å². The summed E-state index contributed by atoms with van der Waals surface area (Å²) in [6, 6.07) is 0. The molecule has 2 saturated heterocycles. The van der Waals surface area contributed by atoms with E-state index in [-0.39, 0.29) is 12.0 Å². The third-order valence-corrected chi connectivity index (χ3v) is 5.78. The first-order chi connectivity index (χ1) is 12.4. The van der Waals surface area contributed by atoms with Crippen LogP contribution in [0, 0.1) is 12.8 Å². The van der Waals surface area contributed by atoms with E-state index in [1.54, 1.807) is 0 Å². The molecule has 1 aromatic rings. The summed E-state index contributed by atoms with van der Waals surface area (Å²) in [5, 5.41) is 7.39. The number of carbonyl (C=O) groups is 2. The van der Waals surface area contributed by atoms with Gasteiger partial charge in [0.25, 0.3) is 0 Å². The number of thioether (sulfide) groups is 1. The molecule has 1 spiro atoms. The van der Waals surface area contributed by atoms with Crippen molar-refractivity contribution in [3.05, 3.63) is 5.82 Å². The van der Waals surface area contributed by atoms with Gasteiger partial charge in [-0.05, 0) is 19.3 Å². The van der Waals surface area contributed by atoms with Gasteiger partial charge in [0.05, 0.1) is 12.3 Å². The molecule has 3 rings (SSSR count). The van der Waals surface area contributed by atoms with Crippen LogP contribution in [0.15, 0.2) is 5.16 Å². The number of amides is 2. The third kappa shape index (κ3) is 4.49. The minimum atomic E-state index is -0.418. The quantitative estimate of drug-likeness (QED) is 0.759. The number of H-pyrrole nitrogens is 1. The summed E-state index contributed by atoms with van der Waals surface area (Å²) >= 11 is 1.34. The van der Waals surface area contributed by atoms with Crippen molar-refractivity contribution in [1.29, 1.82) is 0 Å². The van der Waals surface area contributed by atoms with E-state index < -0.39 is 5.60 Å². The SMILES string of the molecule is Cc1nc(SCC(=O)N2CCC3(CC2)CN(CCC(C)C)C(=O)O3)n[nH]1. The number of aromatic amines is 1. The minimum absolute atomic E-state index is 0.0771. The Kier molecular flexibility index (Phi) is 5.74. The summed E-state index contributed by atoms with van der Waals surface area (Å²) in [5.41, 5.74) is -0.418. The summed E-state index contributed by atoms with van der Waals surface area (Å²) in [6.07, 6.45) is 2.18. The molecule has 0 saturated carbocycles. The van der Waals surface area contributed by atoms with Crippen LogP contribution in [0.1, 0.15) is 38.9 Å².